The van der Waals surface area contributed by atoms with Gasteiger partial charge in [-0.3, -0.25) is 0 Å². The molecule has 184 valence electrons. The van der Waals surface area contributed by atoms with Gasteiger partial charge in [-0.1, -0.05) is 99.5 Å². The first kappa shape index (κ1) is 25.8. The molecule has 0 amide bonds. The minimum absolute atomic E-state index is 0.685. The van der Waals surface area contributed by atoms with Crippen molar-refractivity contribution in [2.75, 3.05) is 5.75 Å². The van der Waals surface area contributed by atoms with Crippen LogP contribution < -0.4 is 0 Å². The largest absolute Gasteiger partial charge is 0.153 e. The molecule has 0 aromatic heterocycles. The molecule has 0 bridgehead atoms. The molecule has 1 aliphatic carbocycles. The predicted molar refractivity (Wildman–Crippen MR) is 156 cm³/mol. The van der Waals surface area contributed by atoms with Crippen LogP contribution in [0.2, 0.25) is 0 Å². The van der Waals surface area contributed by atoms with Crippen LogP contribution in [-0.2, 0) is 25.0 Å². The summed E-state index contributed by atoms with van der Waals surface area (Å²) in [5.74, 6) is 3.59. The lowest BCUT2D eigenvalue weighted by Crippen LogP contribution is -2.12. The average molecular weight is 483 g/mol. The maximum Gasteiger partial charge on any atom is 0.0187 e. The lowest BCUT2D eigenvalue weighted by Gasteiger charge is -2.25. The fraction of sp³-hybridized carbons (Fsp3) is 0.412. The molecule has 0 saturated heterocycles. The number of hydrogen-bond acceptors (Lipinski definition) is 1. The Morgan fingerprint density at radius 1 is 0.886 bits per heavy atom. The third kappa shape index (κ3) is 6.70. The molecule has 0 aliphatic heterocycles. The van der Waals surface area contributed by atoms with E-state index in [0.29, 0.717) is 5.92 Å². The molecule has 0 heterocycles. The van der Waals surface area contributed by atoms with Crippen molar-refractivity contribution in [3.05, 3.63) is 107 Å². The zero-order valence-electron chi connectivity index (χ0n) is 21.8. The molecule has 0 radical (unpaired) electrons. The lowest BCUT2D eigenvalue weighted by atomic mass is 9.80. The van der Waals surface area contributed by atoms with Crippen molar-refractivity contribution in [1.29, 1.82) is 0 Å². The van der Waals surface area contributed by atoms with E-state index < -0.39 is 0 Å². The van der Waals surface area contributed by atoms with Gasteiger partial charge in [-0.05, 0) is 89.3 Å². The van der Waals surface area contributed by atoms with Gasteiger partial charge >= 0.3 is 0 Å². The van der Waals surface area contributed by atoms with Crippen molar-refractivity contribution < 1.29 is 0 Å². The van der Waals surface area contributed by atoms with Gasteiger partial charge in [0, 0.05) is 11.5 Å². The molecule has 1 heteroatoms. The molecule has 1 saturated carbocycles. The highest BCUT2D eigenvalue weighted by Gasteiger charge is 2.26. The standard InChI is InChI=1S/C34H42S/c1-4-22-35-25-26-16-18-28(19-17-26)32-23-27(5-2)33(6-3)31(24-32)20-21-34(30-14-10-11-15-30)29-12-8-7-9-13-29/h4,7-9,12-13,16-19,23-24,30,34H,1,5-6,10-11,14-15,20-22,25H2,2-3H3. The van der Waals surface area contributed by atoms with Crippen molar-refractivity contribution >= 4 is 11.8 Å². The van der Waals surface area contributed by atoms with Crippen LogP contribution in [0.4, 0.5) is 0 Å². The normalized spacial score (nSPS) is 14.8. The molecule has 0 spiro atoms. The number of benzene rings is 3. The van der Waals surface area contributed by atoms with Crippen LogP contribution in [-0.4, -0.2) is 5.75 Å². The van der Waals surface area contributed by atoms with Crippen LogP contribution in [0.3, 0.4) is 0 Å². The van der Waals surface area contributed by atoms with Crippen molar-refractivity contribution in [3.8, 4) is 11.1 Å². The highest BCUT2D eigenvalue weighted by atomic mass is 32.2. The number of hydrogen-bond donors (Lipinski definition) is 0. The lowest BCUT2D eigenvalue weighted by molar-refractivity contribution is 0.411. The van der Waals surface area contributed by atoms with E-state index in [1.54, 1.807) is 16.7 Å². The van der Waals surface area contributed by atoms with Gasteiger partial charge in [-0.15, -0.1) is 6.58 Å². The minimum Gasteiger partial charge on any atom is -0.153 e. The summed E-state index contributed by atoms with van der Waals surface area (Å²) >= 11 is 1.92. The zero-order chi connectivity index (χ0) is 24.5. The second-order valence-corrected chi connectivity index (χ2v) is 11.1. The third-order valence-electron chi connectivity index (χ3n) is 7.88. The topological polar surface area (TPSA) is 0 Å². The Labute approximate surface area is 218 Å². The predicted octanol–water partition coefficient (Wildman–Crippen LogP) is 9.80. The molecule has 1 fully saturated rings. The molecule has 3 aromatic rings. The quantitative estimate of drug-likeness (QED) is 0.183. The fourth-order valence-electron chi connectivity index (χ4n) is 6.06. The SMILES string of the molecule is C=CCSCc1ccc(-c2cc(CC)c(CC)c(CCC(c3ccccc3)C3CCCC3)c2)cc1. The second kappa shape index (κ2) is 13.2. The maximum absolute atomic E-state index is 3.83. The Bertz CT molecular complexity index is 1060. The summed E-state index contributed by atoms with van der Waals surface area (Å²) in [4.78, 5) is 0. The Balaban J connectivity index is 1.59. The molecular formula is C34H42S. The Morgan fingerprint density at radius 2 is 1.60 bits per heavy atom. The Hall–Kier alpha value is -2.25. The van der Waals surface area contributed by atoms with Crippen LogP contribution in [0.15, 0.2) is 79.4 Å². The van der Waals surface area contributed by atoms with Crippen LogP contribution >= 0.6 is 11.8 Å². The molecular weight excluding hydrogens is 440 g/mol. The summed E-state index contributed by atoms with van der Waals surface area (Å²) in [6.45, 7) is 8.47. The van der Waals surface area contributed by atoms with E-state index in [4.69, 9.17) is 0 Å². The first-order valence-electron chi connectivity index (χ1n) is 13.7. The van der Waals surface area contributed by atoms with Gasteiger partial charge in [-0.25, -0.2) is 0 Å². The van der Waals surface area contributed by atoms with Gasteiger partial charge in [-0.2, -0.15) is 11.8 Å². The van der Waals surface area contributed by atoms with E-state index in [1.165, 1.54) is 60.8 Å². The van der Waals surface area contributed by atoms with Crippen molar-refractivity contribution in [2.24, 2.45) is 5.92 Å². The molecule has 4 rings (SSSR count). The smallest absolute Gasteiger partial charge is 0.0187 e. The van der Waals surface area contributed by atoms with Crippen molar-refractivity contribution in [2.45, 2.75) is 76.9 Å². The summed E-state index contributed by atoms with van der Waals surface area (Å²) in [7, 11) is 0. The number of aryl methyl sites for hydroxylation is 2. The van der Waals surface area contributed by atoms with Gasteiger partial charge in [0.2, 0.25) is 0 Å². The summed E-state index contributed by atoms with van der Waals surface area (Å²) in [6.07, 6.45) is 12.3. The van der Waals surface area contributed by atoms with E-state index in [0.717, 1.165) is 30.3 Å². The highest BCUT2D eigenvalue weighted by molar-refractivity contribution is 7.98. The summed E-state index contributed by atoms with van der Waals surface area (Å²) in [5.41, 5.74) is 10.4. The molecule has 0 N–H and O–H groups in total. The van der Waals surface area contributed by atoms with E-state index in [9.17, 15) is 0 Å². The van der Waals surface area contributed by atoms with Crippen LogP contribution in [0.25, 0.3) is 11.1 Å². The Kier molecular flexibility index (Phi) is 9.72. The number of rotatable bonds is 12. The monoisotopic (exact) mass is 482 g/mol. The third-order valence-corrected chi connectivity index (χ3v) is 8.89. The molecule has 1 atom stereocenters. The van der Waals surface area contributed by atoms with Crippen LogP contribution in [0.5, 0.6) is 0 Å². The fourth-order valence-corrected chi connectivity index (χ4v) is 6.77. The number of thioether (sulfide) groups is 1. The second-order valence-electron chi connectivity index (χ2n) is 10.1. The minimum atomic E-state index is 0.685. The summed E-state index contributed by atoms with van der Waals surface area (Å²) in [5, 5.41) is 0. The summed E-state index contributed by atoms with van der Waals surface area (Å²) in [6, 6.07) is 25.5. The highest BCUT2D eigenvalue weighted by Crippen LogP contribution is 2.40. The van der Waals surface area contributed by atoms with Crippen LogP contribution in [0.1, 0.15) is 79.7 Å². The van der Waals surface area contributed by atoms with E-state index in [-0.39, 0.29) is 0 Å². The molecule has 3 aromatic carbocycles. The average Bonchev–Trinajstić information content (AvgIpc) is 3.44. The first-order chi connectivity index (χ1) is 17.2. The van der Waals surface area contributed by atoms with Crippen LogP contribution in [0, 0.1) is 5.92 Å². The summed E-state index contributed by atoms with van der Waals surface area (Å²) < 4.78 is 0. The van der Waals surface area contributed by atoms with Gasteiger partial charge in [0.1, 0.15) is 0 Å². The molecule has 1 unspecified atom stereocenters. The molecule has 35 heavy (non-hydrogen) atoms. The van der Waals surface area contributed by atoms with Gasteiger partial charge in [0.15, 0.2) is 0 Å². The van der Waals surface area contributed by atoms with Gasteiger partial charge in [0.25, 0.3) is 0 Å². The zero-order valence-corrected chi connectivity index (χ0v) is 22.6. The van der Waals surface area contributed by atoms with Crippen molar-refractivity contribution in [1.82, 2.24) is 0 Å². The van der Waals surface area contributed by atoms with E-state index in [1.807, 2.05) is 17.8 Å². The van der Waals surface area contributed by atoms with Crippen molar-refractivity contribution in [3.63, 3.8) is 0 Å². The Morgan fingerprint density at radius 3 is 2.26 bits per heavy atom. The molecule has 1 aliphatic rings. The maximum atomic E-state index is 3.83. The van der Waals surface area contributed by atoms with Gasteiger partial charge < -0.3 is 0 Å². The van der Waals surface area contributed by atoms with E-state index in [2.05, 4.69) is 87.2 Å². The molecule has 0 nitrogen and oxygen atoms in total. The first-order valence-corrected chi connectivity index (χ1v) is 14.9. The van der Waals surface area contributed by atoms with Gasteiger partial charge in [0.05, 0.1) is 0 Å². The van der Waals surface area contributed by atoms with E-state index >= 15 is 0 Å².